The van der Waals surface area contributed by atoms with Crippen molar-refractivity contribution in [2.75, 3.05) is 14.2 Å². The van der Waals surface area contributed by atoms with Crippen molar-refractivity contribution in [2.45, 2.75) is 19.4 Å². The average Bonchev–Trinajstić information content (AvgIpc) is 2.77. The van der Waals surface area contributed by atoms with Crippen molar-refractivity contribution >= 4 is 0 Å². The SMILES string of the molecule is CNC(Cc1ccccc1OC)c1cnn(C)c1C. The Morgan fingerprint density at radius 2 is 2.11 bits per heavy atom. The summed E-state index contributed by atoms with van der Waals surface area (Å²) >= 11 is 0. The summed E-state index contributed by atoms with van der Waals surface area (Å²) < 4.78 is 7.32. The molecule has 2 aromatic rings. The van der Waals surface area contributed by atoms with Crippen LogP contribution in [0, 0.1) is 6.92 Å². The van der Waals surface area contributed by atoms with Crippen molar-refractivity contribution in [1.82, 2.24) is 15.1 Å². The molecule has 0 spiro atoms. The zero-order valence-electron chi connectivity index (χ0n) is 12.0. The van der Waals surface area contributed by atoms with Gasteiger partial charge in [-0.05, 0) is 32.0 Å². The summed E-state index contributed by atoms with van der Waals surface area (Å²) in [6.45, 7) is 2.09. The lowest BCUT2D eigenvalue weighted by molar-refractivity contribution is 0.406. The monoisotopic (exact) mass is 259 g/mol. The number of rotatable bonds is 5. The fraction of sp³-hybridized carbons (Fsp3) is 0.400. The molecule has 0 aliphatic heterocycles. The van der Waals surface area contributed by atoms with Gasteiger partial charge in [-0.2, -0.15) is 5.10 Å². The van der Waals surface area contributed by atoms with E-state index in [4.69, 9.17) is 4.74 Å². The van der Waals surface area contributed by atoms with Crippen molar-refractivity contribution in [2.24, 2.45) is 7.05 Å². The average molecular weight is 259 g/mol. The molecule has 4 heteroatoms. The number of nitrogens with one attached hydrogen (secondary N) is 1. The predicted molar refractivity (Wildman–Crippen MR) is 76.4 cm³/mol. The van der Waals surface area contributed by atoms with Crippen LogP contribution in [0.1, 0.15) is 22.9 Å². The highest BCUT2D eigenvalue weighted by Crippen LogP contribution is 2.26. The van der Waals surface area contributed by atoms with Gasteiger partial charge in [-0.25, -0.2) is 0 Å². The normalized spacial score (nSPS) is 12.4. The molecular weight excluding hydrogens is 238 g/mol. The van der Waals surface area contributed by atoms with Crippen LogP contribution in [-0.2, 0) is 13.5 Å². The molecule has 1 aromatic heterocycles. The third-order valence-electron chi connectivity index (χ3n) is 3.61. The summed E-state index contributed by atoms with van der Waals surface area (Å²) in [4.78, 5) is 0. The second-order valence-electron chi connectivity index (χ2n) is 4.67. The van der Waals surface area contributed by atoms with E-state index in [2.05, 4.69) is 23.4 Å². The molecule has 19 heavy (non-hydrogen) atoms. The summed E-state index contributed by atoms with van der Waals surface area (Å²) in [7, 11) is 5.66. The first-order chi connectivity index (χ1) is 9.17. The maximum absolute atomic E-state index is 5.41. The minimum Gasteiger partial charge on any atom is -0.496 e. The summed E-state index contributed by atoms with van der Waals surface area (Å²) in [5.41, 5.74) is 3.62. The minimum atomic E-state index is 0.241. The fourth-order valence-electron chi connectivity index (χ4n) is 2.32. The number of hydrogen-bond donors (Lipinski definition) is 1. The van der Waals surface area contributed by atoms with Crippen molar-refractivity contribution in [3.63, 3.8) is 0 Å². The Morgan fingerprint density at radius 3 is 2.68 bits per heavy atom. The molecule has 0 bridgehead atoms. The molecule has 1 aromatic carbocycles. The predicted octanol–water partition coefficient (Wildman–Crippen LogP) is 2.24. The van der Waals surface area contributed by atoms with E-state index in [1.54, 1.807) is 7.11 Å². The number of aryl methyl sites for hydroxylation is 1. The van der Waals surface area contributed by atoms with Gasteiger partial charge in [-0.15, -0.1) is 0 Å². The summed E-state index contributed by atoms with van der Waals surface area (Å²) in [6.07, 6.45) is 2.82. The molecule has 0 aliphatic rings. The van der Waals surface area contributed by atoms with Crippen LogP contribution in [0.5, 0.6) is 5.75 Å². The van der Waals surface area contributed by atoms with Gasteiger partial charge in [0.25, 0.3) is 0 Å². The van der Waals surface area contributed by atoms with Crippen LogP contribution in [0.15, 0.2) is 30.5 Å². The van der Waals surface area contributed by atoms with Gasteiger partial charge in [-0.1, -0.05) is 18.2 Å². The quantitative estimate of drug-likeness (QED) is 0.895. The first-order valence-electron chi connectivity index (χ1n) is 6.45. The van der Waals surface area contributed by atoms with E-state index >= 15 is 0 Å². The van der Waals surface area contributed by atoms with Crippen molar-refractivity contribution in [3.8, 4) is 5.75 Å². The van der Waals surface area contributed by atoms with Gasteiger partial charge < -0.3 is 10.1 Å². The van der Waals surface area contributed by atoms with Crippen LogP contribution < -0.4 is 10.1 Å². The highest BCUT2D eigenvalue weighted by Gasteiger charge is 2.17. The number of para-hydroxylation sites is 1. The standard InChI is InChI=1S/C15H21N3O/c1-11-13(10-17-18(11)3)14(16-2)9-12-7-5-6-8-15(12)19-4/h5-8,10,14,16H,9H2,1-4H3. The van der Waals surface area contributed by atoms with Crippen molar-refractivity contribution in [1.29, 1.82) is 0 Å². The summed E-state index contributed by atoms with van der Waals surface area (Å²) in [5.74, 6) is 0.935. The smallest absolute Gasteiger partial charge is 0.122 e. The molecule has 1 atom stereocenters. The molecule has 0 saturated heterocycles. The van der Waals surface area contributed by atoms with E-state index in [1.165, 1.54) is 16.8 Å². The highest BCUT2D eigenvalue weighted by molar-refractivity contribution is 5.35. The zero-order valence-corrected chi connectivity index (χ0v) is 12.0. The summed E-state index contributed by atoms with van der Waals surface area (Å²) in [5, 5.41) is 7.68. The van der Waals surface area contributed by atoms with Gasteiger partial charge in [0, 0.05) is 24.3 Å². The molecule has 4 nitrogen and oxygen atoms in total. The van der Waals surface area contributed by atoms with E-state index in [9.17, 15) is 0 Å². The van der Waals surface area contributed by atoms with Crippen LogP contribution in [0.25, 0.3) is 0 Å². The molecule has 1 heterocycles. The molecule has 1 unspecified atom stereocenters. The lowest BCUT2D eigenvalue weighted by Gasteiger charge is -2.17. The van der Waals surface area contributed by atoms with Crippen LogP contribution in [0.3, 0.4) is 0 Å². The Balaban J connectivity index is 2.26. The molecule has 0 aliphatic carbocycles. The number of likely N-dealkylation sites (N-methyl/N-ethyl adjacent to an activating group) is 1. The van der Waals surface area contributed by atoms with Crippen molar-refractivity contribution in [3.05, 3.63) is 47.3 Å². The second-order valence-corrected chi connectivity index (χ2v) is 4.67. The largest absolute Gasteiger partial charge is 0.496 e. The van der Waals surface area contributed by atoms with E-state index in [0.29, 0.717) is 0 Å². The topological polar surface area (TPSA) is 39.1 Å². The van der Waals surface area contributed by atoms with Gasteiger partial charge in [0.2, 0.25) is 0 Å². The Morgan fingerprint density at radius 1 is 1.37 bits per heavy atom. The molecule has 0 saturated carbocycles. The zero-order chi connectivity index (χ0) is 13.8. The lowest BCUT2D eigenvalue weighted by atomic mass is 9.99. The van der Waals surface area contributed by atoms with Crippen molar-refractivity contribution < 1.29 is 4.74 Å². The third-order valence-corrected chi connectivity index (χ3v) is 3.61. The van der Waals surface area contributed by atoms with Gasteiger partial charge in [0.1, 0.15) is 5.75 Å². The summed E-state index contributed by atoms with van der Waals surface area (Å²) in [6, 6.07) is 8.38. The number of methoxy groups -OCH3 is 1. The first kappa shape index (κ1) is 13.6. The molecular formula is C15H21N3O. The fourth-order valence-corrected chi connectivity index (χ4v) is 2.32. The van der Waals surface area contributed by atoms with Crippen LogP contribution >= 0.6 is 0 Å². The molecule has 0 fully saturated rings. The number of benzene rings is 1. The Labute approximate surface area is 114 Å². The Bertz CT molecular complexity index is 548. The van der Waals surface area contributed by atoms with Gasteiger partial charge in [-0.3, -0.25) is 4.68 Å². The van der Waals surface area contributed by atoms with Crippen LogP contribution in [0.2, 0.25) is 0 Å². The van der Waals surface area contributed by atoms with E-state index in [1.807, 2.05) is 43.2 Å². The molecule has 0 radical (unpaired) electrons. The van der Waals surface area contributed by atoms with E-state index in [-0.39, 0.29) is 6.04 Å². The third kappa shape index (κ3) is 2.79. The maximum Gasteiger partial charge on any atom is 0.122 e. The van der Waals surface area contributed by atoms with E-state index < -0.39 is 0 Å². The second kappa shape index (κ2) is 5.89. The molecule has 2 rings (SSSR count). The van der Waals surface area contributed by atoms with Crippen LogP contribution in [0.4, 0.5) is 0 Å². The number of aromatic nitrogens is 2. The molecule has 1 N–H and O–H groups in total. The number of nitrogens with zero attached hydrogens (tertiary/aromatic N) is 2. The van der Waals surface area contributed by atoms with Gasteiger partial charge in [0.05, 0.1) is 13.3 Å². The Hall–Kier alpha value is -1.81. The van der Waals surface area contributed by atoms with E-state index in [0.717, 1.165) is 12.2 Å². The number of hydrogen-bond acceptors (Lipinski definition) is 3. The maximum atomic E-state index is 5.41. The Kier molecular flexibility index (Phi) is 4.22. The van der Waals surface area contributed by atoms with Gasteiger partial charge in [0.15, 0.2) is 0 Å². The van der Waals surface area contributed by atoms with Crippen LogP contribution in [-0.4, -0.2) is 23.9 Å². The van der Waals surface area contributed by atoms with Gasteiger partial charge >= 0.3 is 0 Å². The number of ether oxygens (including phenoxy) is 1. The highest BCUT2D eigenvalue weighted by atomic mass is 16.5. The first-order valence-corrected chi connectivity index (χ1v) is 6.45. The lowest BCUT2D eigenvalue weighted by Crippen LogP contribution is -2.19. The molecule has 102 valence electrons. The molecule has 0 amide bonds. The minimum absolute atomic E-state index is 0.241.